The number of hydrogen-bond donors (Lipinski definition) is 2. The van der Waals surface area contributed by atoms with Gasteiger partial charge in [-0.3, -0.25) is 4.79 Å². The van der Waals surface area contributed by atoms with Gasteiger partial charge in [0.25, 0.3) is 5.91 Å². The molecule has 0 saturated heterocycles. The largest absolute Gasteiger partial charge is 0.409 e. The van der Waals surface area contributed by atoms with Gasteiger partial charge in [-0.2, -0.15) is 0 Å². The lowest BCUT2D eigenvalue weighted by Crippen LogP contribution is -2.36. The second-order valence-corrected chi connectivity index (χ2v) is 5.04. The summed E-state index contributed by atoms with van der Waals surface area (Å²) in [6.45, 7) is 2.03. The molecule has 0 unspecified atom stereocenters. The molecule has 2 rings (SSSR count). The third-order valence-electron chi connectivity index (χ3n) is 3.39. The van der Waals surface area contributed by atoms with Gasteiger partial charge in [0, 0.05) is 24.6 Å². The van der Waals surface area contributed by atoms with Crippen LogP contribution in [-0.2, 0) is 0 Å². The zero-order valence-corrected chi connectivity index (χ0v) is 11.3. The van der Waals surface area contributed by atoms with Crippen molar-refractivity contribution in [2.24, 2.45) is 10.9 Å². The second kappa shape index (κ2) is 5.90. The molecule has 20 heavy (non-hydrogen) atoms. The number of nitrogens with zero attached hydrogens (tertiary/aromatic N) is 2. The summed E-state index contributed by atoms with van der Waals surface area (Å²) in [5.41, 5.74) is 6.35. The van der Waals surface area contributed by atoms with E-state index in [-0.39, 0.29) is 23.6 Å². The molecule has 6 heteroatoms. The number of oxime groups is 1. The highest BCUT2D eigenvalue weighted by molar-refractivity contribution is 5.95. The number of benzene rings is 1. The molecule has 1 aliphatic carbocycles. The lowest BCUT2D eigenvalue weighted by molar-refractivity contribution is 0.0747. The summed E-state index contributed by atoms with van der Waals surface area (Å²) in [5, 5.41) is 11.4. The van der Waals surface area contributed by atoms with Gasteiger partial charge < -0.3 is 15.8 Å². The number of carbonyl (C=O) groups excluding carboxylic acids is 1. The third kappa shape index (κ3) is 3.26. The second-order valence-electron chi connectivity index (χ2n) is 5.04. The Bertz CT molecular complexity index is 541. The van der Waals surface area contributed by atoms with Gasteiger partial charge in [-0.1, -0.05) is 5.16 Å². The van der Waals surface area contributed by atoms with Crippen LogP contribution in [0.5, 0.6) is 0 Å². The summed E-state index contributed by atoms with van der Waals surface area (Å²) in [5.74, 6) is -0.365. The third-order valence-corrected chi connectivity index (χ3v) is 3.39. The number of nitrogens with two attached hydrogens (primary N) is 1. The van der Waals surface area contributed by atoms with Crippen molar-refractivity contribution in [2.45, 2.75) is 32.2 Å². The standard InChI is InChI=1S/C14H18FN3O2/c1-9-8-10(2-5-12(9)15)14(19)18(11-3-4-11)7-6-13(16)17-20/h2,5,8,11,20H,3-4,6-7H2,1H3,(H2,16,17). The van der Waals surface area contributed by atoms with E-state index >= 15 is 0 Å². The molecular formula is C14H18FN3O2. The van der Waals surface area contributed by atoms with Crippen LogP contribution in [0.2, 0.25) is 0 Å². The Morgan fingerprint density at radius 2 is 2.25 bits per heavy atom. The Labute approximate surface area is 116 Å². The van der Waals surface area contributed by atoms with E-state index in [0.717, 1.165) is 12.8 Å². The van der Waals surface area contributed by atoms with Gasteiger partial charge >= 0.3 is 0 Å². The Balaban J connectivity index is 2.12. The van der Waals surface area contributed by atoms with Crippen LogP contribution in [0, 0.1) is 12.7 Å². The van der Waals surface area contributed by atoms with Crippen molar-refractivity contribution in [3.63, 3.8) is 0 Å². The van der Waals surface area contributed by atoms with Crippen LogP contribution >= 0.6 is 0 Å². The summed E-state index contributed by atoms with van der Waals surface area (Å²) in [6, 6.07) is 4.55. The first-order chi connectivity index (χ1) is 9.52. The minimum absolute atomic E-state index is 0.0961. The number of amides is 1. The van der Waals surface area contributed by atoms with Crippen molar-refractivity contribution in [3.8, 4) is 0 Å². The first-order valence-corrected chi connectivity index (χ1v) is 6.56. The van der Waals surface area contributed by atoms with Crippen LogP contribution < -0.4 is 5.73 Å². The van der Waals surface area contributed by atoms with Crippen molar-refractivity contribution in [1.82, 2.24) is 4.90 Å². The molecule has 3 N–H and O–H groups in total. The average Bonchev–Trinajstić information content (AvgIpc) is 3.26. The van der Waals surface area contributed by atoms with E-state index in [9.17, 15) is 9.18 Å². The van der Waals surface area contributed by atoms with Gasteiger partial charge in [-0.15, -0.1) is 0 Å². The van der Waals surface area contributed by atoms with E-state index < -0.39 is 0 Å². The normalized spacial score (nSPS) is 15.2. The maximum atomic E-state index is 13.2. The lowest BCUT2D eigenvalue weighted by atomic mass is 10.1. The number of aryl methyl sites for hydroxylation is 1. The van der Waals surface area contributed by atoms with E-state index in [4.69, 9.17) is 10.9 Å². The Morgan fingerprint density at radius 3 is 2.80 bits per heavy atom. The molecule has 1 saturated carbocycles. The van der Waals surface area contributed by atoms with Gasteiger partial charge in [0.1, 0.15) is 11.7 Å². The fourth-order valence-electron chi connectivity index (χ4n) is 2.06. The Hall–Kier alpha value is -2.11. The maximum Gasteiger partial charge on any atom is 0.254 e. The molecule has 1 aliphatic rings. The number of amidine groups is 1. The molecular weight excluding hydrogens is 261 g/mol. The number of halogens is 1. The molecule has 0 aliphatic heterocycles. The van der Waals surface area contributed by atoms with Gasteiger partial charge in [-0.25, -0.2) is 4.39 Å². The molecule has 108 valence electrons. The Kier molecular flexibility index (Phi) is 4.22. The van der Waals surface area contributed by atoms with Crippen LogP contribution in [0.4, 0.5) is 4.39 Å². The molecule has 5 nitrogen and oxygen atoms in total. The summed E-state index contributed by atoms with van der Waals surface area (Å²) in [6.07, 6.45) is 2.24. The first kappa shape index (κ1) is 14.3. The van der Waals surface area contributed by atoms with E-state index in [1.165, 1.54) is 12.1 Å². The summed E-state index contributed by atoms with van der Waals surface area (Å²) >= 11 is 0. The maximum absolute atomic E-state index is 13.2. The van der Waals surface area contributed by atoms with Crippen LogP contribution in [0.25, 0.3) is 0 Å². The molecule has 1 amide bonds. The average molecular weight is 279 g/mol. The highest BCUT2D eigenvalue weighted by atomic mass is 19.1. The van der Waals surface area contributed by atoms with Crippen LogP contribution in [0.1, 0.15) is 35.2 Å². The Morgan fingerprint density at radius 1 is 1.55 bits per heavy atom. The number of hydrogen-bond acceptors (Lipinski definition) is 3. The van der Waals surface area contributed by atoms with Gasteiger partial charge in [0.05, 0.1) is 0 Å². The van der Waals surface area contributed by atoms with E-state index in [0.29, 0.717) is 24.1 Å². The van der Waals surface area contributed by atoms with Crippen molar-refractivity contribution in [3.05, 3.63) is 35.1 Å². The monoisotopic (exact) mass is 279 g/mol. The van der Waals surface area contributed by atoms with Gasteiger partial charge in [0.2, 0.25) is 0 Å². The predicted octanol–water partition coefficient (Wildman–Crippen LogP) is 1.88. The molecule has 1 fully saturated rings. The fourth-order valence-corrected chi connectivity index (χ4v) is 2.06. The molecule has 1 aromatic carbocycles. The molecule has 0 aromatic heterocycles. The predicted molar refractivity (Wildman–Crippen MR) is 73.2 cm³/mol. The zero-order valence-electron chi connectivity index (χ0n) is 11.3. The quantitative estimate of drug-likeness (QED) is 0.374. The van der Waals surface area contributed by atoms with E-state index in [1.807, 2.05) is 0 Å². The summed E-state index contributed by atoms with van der Waals surface area (Å²) < 4.78 is 13.2. The fraction of sp³-hybridized carbons (Fsp3) is 0.429. The first-order valence-electron chi connectivity index (χ1n) is 6.56. The minimum atomic E-state index is -0.323. The van der Waals surface area contributed by atoms with E-state index in [2.05, 4.69) is 5.16 Å². The van der Waals surface area contributed by atoms with Crippen LogP contribution in [0.15, 0.2) is 23.4 Å². The van der Waals surface area contributed by atoms with Crippen LogP contribution in [-0.4, -0.2) is 34.4 Å². The highest BCUT2D eigenvalue weighted by Crippen LogP contribution is 2.28. The SMILES string of the molecule is Cc1cc(C(=O)N(CCC(N)=NO)C2CC2)ccc1F. The smallest absolute Gasteiger partial charge is 0.254 e. The number of carbonyl (C=O) groups is 1. The minimum Gasteiger partial charge on any atom is -0.409 e. The molecule has 0 spiro atoms. The topological polar surface area (TPSA) is 78.9 Å². The van der Waals surface area contributed by atoms with Gasteiger partial charge in [0.15, 0.2) is 0 Å². The summed E-state index contributed by atoms with van der Waals surface area (Å²) in [7, 11) is 0. The number of rotatable bonds is 5. The highest BCUT2D eigenvalue weighted by Gasteiger charge is 2.33. The zero-order chi connectivity index (χ0) is 14.7. The van der Waals surface area contributed by atoms with Crippen LogP contribution in [0.3, 0.4) is 0 Å². The molecule has 0 heterocycles. The molecule has 0 atom stereocenters. The van der Waals surface area contributed by atoms with Crippen molar-refractivity contribution < 1.29 is 14.4 Å². The van der Waals surface area contributed by atoms with Crippen molar-refractivity contribution >= 4 is 11.7 Å². The lowest BCUT2D eigenvalue weighted by Gasteiger charge is -2.22. The van der Waals surface area contributed by atoms with Crippen molar-refractivity contribution in [1.29, 1.82) is 0 Å². The van der Waals surface area contributed by atoms with Crippen molar-refractivity contribution in [2.75, 3.05) is 6.54 Å². The molecule has 0 bridgehead atoms. The molecule has 0 radical (unpaired) electrons. The van der Waals surface area contributed by atoms with E-state index in [1.54, 1.807) is 17.9 Å². The molecule has 1 aromatic rings. The van der Waals surface area contributed by atoms with Gasteiger partial charge in [-0.05, 0) is 43.5 Å². The summed E-state index contributed by atoms with van der Waals surface area (Å²) in [4.78, 5) is 14.2.